The van der Waals surface area contributed by atoms with Crippen molar-refractivity contribution in [3.8, 4) is 5.88 Å². The van der Waals surface area contributed by atoms with Crippen LogP contribution in [0.15, 0.2) is 6.07 Å². The molecule has 0 aliphatic rings. The van der Waals surface area contributed by atoms with E-state index in [1.807, 2.05) is 0 Å². The lowest BCUT2D eigenvalue weighted by Gasteiger charge is -2.12. The second-order valence-corrected chi connectivity index (χ2v) is 3.52. The molecule has 0 atom stereocenters. The third-order valence-electron chi connectivity index (χ3n) is 2.06. The van der Waals surface area contributed by atoms with Crippen molar-refractivity contribution in [2.75, 3.05) is 0 Å². The number of pyridine rings is 1. The summed E-state index contributed by atoms with van der Waals surface area (Å²) >= 11 is 0. The highest BCUT2D eigenvalue weighted by Crippen LogP contribution is 2.33. The Bertz CT molecular complexity index is 574. The van der Waals surface area contributed by atoms with Crippen LogP contribution >= 0.6 is 0 Å². The standard InChI is InChI=1S/C9H5F5N2O5/c10-8(11)7-3(1-6(17)18)4(16(19)20)2-5(15-7)21-9(12,13)14/h2,8H,1H2,(H,17,18). The van der Waals surface area contributed by atoms with Crippen molar-refractivity contribution in [2.24, 2.45) is 0 Å². The minimum absolute atomic E-state index is 0.137. The number of hydrogen-bond acceptors (Lipinski definition) is 5. The molecule has 1 aromatic heterocycles. The van der Waals surface area contributed by atoms with E-state index < -0.39 is 52.9 Å². The van der Waals surface area contributed by atoms with Crippen LogP contribution in [0.1, 0.15) is 17.7 Å². The van der Waals surface area contributed by atoms with Gasteiger partial charge in [-0.05, 0) is 0 Å². The molecule has 1 N–H and O–H groups in total. The van der Waals surface area contributed by atoms with Crippen molar-refractivity contribution in [3.05, 3.63) is 27.4 Å². The summed E-state index contributed by atoms with van der Waals surface area (Å²) in [5.74, 6) is -3.16. The van der Waals surface area contributed by atoms with Gasteiger partial charge >= 0.3 is 12.3 Å². The second-order valence-electron chi connectivity index (χ2n) is 3.52. The number of carboxylic acid groups (broad SMARTS) is 1. The lowest BCUT2D eigenvalue weighted by atomic mass is 10.1. The molecule has 21 heavy (non-hydrogen) atoms. The molecule has 0 fully saturated rings. The number of hydrogen-bond donors (Lipinski definition) is 1. The highest BCUT2D eigenvalue weighted by atomic mass is 19.4. The predicted molar refractivity (Wildman–Crippen MR) is 53.9 cm³/mol. The van der Waals surface area contributed by atoms with E-state index in [1.165, 1.54) is 0 Å². The third kappa shape index (κ3) is 4.50. The zero-order valence-corrected chi connectivity index (χ0v) is 9.73. The largest absolute Gasteiger partial charge is 0.574 e. The first-order chi connectivity index (χ1) is 9.51. The van der Waals surface area contributed by atoms with Gasteiger partial charge in [-0.25, -0.2) is 13.8 Å². The van der Waals surface area contributed by atoms with Gasteiger partial charge in [0.15, 0.2) is 0 Å². The molecule has 0 spiro atoms. The molecule has 116 valence electrons. The molecule has 0 amide bonds. The first-order valence-electron chi connectivity index (χ1n) is 4.95. The van der Waals surface area contributed by atoms with Crippen LogP contribution in [0.25, 0.3) is 0 Å². The number of ether oxygens (including phenoxy) is 1. The summed E-state index contributed by atoms with van der Waals surface area (Å²) < 4.78 is 64.7. The SMILES string of the molecule is O=C(O)Cc1c([N+](=O)[O-])cc(OC(F)(F)F)nc1C(F)F. The lowest BCUT2D eigenvalue weighted by molar-refractivity contribution is -0.386. The van der Waals surface area contributed by atoms with Gasteiger partial charge in [0.1, 0.15) is 5.69 Å². The van der Waals surface area contributed by atoms with E-state index in [-0.39, 0.29) is 6.07 Å². The summed E-state index contributed by atoms with van der Waals surface area (Å²) in [5.41, 5.74) is -3.69. The number of aliphatic carboxylic acids is 1. The molecule has 7 nitrogen and oxygen atoms in total. The summed E-state index contributed by atoms with van der Waals surface area (Å²) in [7, 11) is 0. The van der Waals surface area contributed by atoms with E-state index in [0.29, 0.717) is 0 Å². The number of aromatic nitrogens is 1. The van der Waals surface area contributed by atoms with Crippen molar-refractivity contribution < 1.29 is 41.5 Å². The summed E-state index contributed by atoms with van der Waals surface area (Å²) in [5, 5.41) is 19.2. The predicted octanol–water partition coefficient (Wildman–Crippen LogP) is 2.45. The fourth-order valence-electron chi connectivity index (χ4n) is 1.40. The van der Waals surface area contributed by atoms with Gasteiger partial charge in [-0.3, -0.25) is 14.9 Å². The van der Waals surface area contributed by atoms with Gasteiger partial charge < -0.3 is 9.84 Å². The maximum atomic E-state index is 12.7. The molecule has 0 bridgehead atoms. The summed E-state index contributed by atoms with van der Waals surface area (Å²) in [4.78, 5) is 22.7. The molecule has 1 rings (SSSR count). The fraction of sp³-hybridized carbons (Fsp3) is 0.333. The molecule has 0 aliphatic heterocycles. The minimum Gasteiger partial charge on any atom is -0.481 e. The van der Waals surface area contributed by atoms with Crippen LogP contribution in [-0.4, -0.2) is 27.3 Å². The smallest absolute Gasteiger partial charge is 0.481 e. The fourth-order valence-corrected chi connectivity index (χ4v) is 1.40. The molecule has 0 radical (unpaired) electrons. The van der Waals surface area contributed by atoms with Crippen molar-refractivity contribution in [1.29, 1.82) is 0 Å². The molecule has 0 unspecified atom stereocenters. The first kappa shape index (κ1) is 16.5. The molecule has 0 saturated heterocycles. The maximum absolute atomic E-state index is 12.7. The number of rotatable bonds is 5. The number of carboxylic acids is 1. The number of carbonyl (C=O) groups is 1. The molecule has 1 heterocycles. The maximum Gasteiger partial charge on any atom is 0.574 e. The van der Waals surface area contributed by atoms with Gasteiger partial charge in [-0.1, -0.05) is 0 Å². The molecule has 1 aromatic rings. The monoisotopic (exact) mass is 316 g/mol. The van der Waals surface area contributed by atoms with Crippen LogP contribution < -0.4 is 4.74 Å². The lowest BCUT2D eigenvalue weighted by Crippen LogP contribution is -2.19. The van der Waals surface area contributed by atoms with Gasteiger partial charge in [0, 0.05) is 0 Å². The van der Waals surface area contributed by atoms with Crippen molar-refractivity contribution >= 4 is 11.7 Å². The zero-order valence-electron chi connectivity index (χ0n) is 9.73. The van der Waals surface area contributed by atoms with Crippen LogP contribution in [0.2, 0.25) is 0 Å². The topological polar surface area (TPSA) is 103 Å². The van der Waals surface area contributed by atoms with E-state index in [1.54, 1.807) is 0 Å². The van der Waals surface area contributed by atoms with Gasteiger partial charge in [0.25, 0.3) is 12.1 Å². The van der Waals surface area contributed by atoms with Gasteiger partial charge in [0.2, 0.25) is 5.88 Å². The Labute approximate surface area is 112 Å². The molecule has 0 aliphatic carbocycles. The van der Waals surface area contributed by atoms with E-state index in [2.05, 4.69) is 9.72 Å². The number of halogens is 5. The van der Waals surface area contributed by atoms with Crippen LogP contribution in [-0.2, 0) is 11.2 Å². The van der Waals surface area contributed by atoms with Crippen LogP contribution in [0, 0.1) is 10.1 Å². The van der Waals surface area contributed by atoms with Gasteiger partial charge in [-0.15, -0.1) is 13.2 Å². The highest BCUT2D eigenvalue weighted by molar-refractivity contribution is 5.72. The molecular weight excluding hydrogens is 311 g/mol. The summed E-state index contributed by atoms with van der Waals surface area (Å²) in [6, 6.07) is 0.137. The second kappa shape index (κ2) is 5.85. The minimum atomic E-state index is -5.30. The van der Waals surface area contributed by atoms with E-state index in [0.717, 1.165) is 0 Å². The normalized spacial score (nSPS) is 11.5. The van der Waals surface area contributed by atoms with Crippen molar-refractivity contribution in [3.63, 3.8) is 0 Å². The Morgan fingerprint density at radius 3 is 2.43 bits per heavy atom. The Kier molecular flexibility index (Phi) is 4.60. The quantitative estimate of drug-likeness (QED) is 0.508. The van der Waals surface area contributed by atoms with Crippen LogP contribution in [0.3, 0.4) is 0 Å². The average Bonchev–Trinajstić information content (AvgIpc) is 2.27. The average molecular weight is 316 g/mol. The first-order valence-corrected chi connectivity index (χ1v) is 4.95. The molecule has 12 heteroatoms. The Balaban J connectivity index is 3.48. The Hall–Kier alpha value is -2.53. The molecule has 0 aromatic carbocycles. The van der Waals surface area contributed by atoms with Gasteiger partial charge in [-0.2, -0.15) is 0 Å². The van der Waals surface area contributed by atoms with Crippen LogP contribution in [0.5, 0.6) is 5.88 Å². The van der Waals surface area contributed by atoms with E-state index in [9.17, 15) is 36.9 Å². The zero-order chi connectivity index (χ0) is 16.4. The Morgan fingerprint density at radius 2 is 2.05 bits per heavy atom. The molecular formula is C9H5F5N2O5. The summed E-state index contributed by atoms with van der Waals surface area (Å²) in [6.45, 7) is 0. The molecule has 0 saturated carbocycles. The Morgan fingerprint density at radius 1 is 1.48 bits per heavy atom. The number of nitrogens with zero attached hydrogens (tertiary/aromatic N) is 2. The van der Waals surface area contributed by atoms with E-state index >= 15 is 0 Å². The van der Waals surface area contributed by atoms with Crippen LogP contribution in [0.4, 0.5) is 27.6 Å². The highest BCUT2D eigenvalue weighted by Gasteiger charge is 2.35. The van der Waals surface area contributed by atoms with E-state index in [4.69, 9.17) is 5.11 Å². The third-order valence-corrected chi connectivity index (χ3v) is 2.06. The van der Waals surface area contributed by atoms with Crippen molar-refractivity contribution in [1.82, 2.24) is 4.98 Å². The summed E-state index contributed by atoms with van der Waals surface area (Å²) in [6.07, 6.45) is -10.0. The number of alkyl halides is 5. The number of nitro groups is 1. The van der Waals surface area contributed by atoms with Gasteiger partial charge in [0.05, 0.1) is 23.0 Å². The van der Waals surface area contributed by atoms with Crippen molar-refractivity contribution in [2.45, 2.75) is 19.2 Å².